The Morgan fingerprint density at radius 2 is 1.86 bits per heavy atom. The molecule has 3 rings (SSSR count). The van der Waals surface area contributed by atoms with Gasteiger partial charge in [0.05, 0.1) is 16.9 Å². The van der Waals surface area contributed by atoms with E-state index >= 15 is 0 Å². The first-order valence-electron chi connectivity index (χ1n) is 8.15. The van der Waals surface area contributed by atoms with Gasteiger partial charge in [0.25, 0.3) is 0 Å². The Hall–Kier alpha value is -1.45. The third kappa shape index (κ3) is 1.61. The summed E-state index contributed by atoms with van der Waals surface area (Å²) >= 11 is 0. The van der Waals surface area contributed by atoms with E-state index in [1.807, 2.05) is 32.9 Å². The van der Waals surface area contributed by atoms with E-state index in [9.17, 15) is 14.4 Å². The first-order valence-corrected chi connectivity index (χ1v) is 8.15. The van der Waals surface area contributed by atoms with Crippen LogP contribution in [0.25, 0.3) is 0 Å². The van der Waals surface area contributed by atoms with E-state index < -0.39 is 10.8 Å². The maximum absolute atomic E-state index is 13.2. The molecule has 4 heteroatoms. The number of carbonyl (C=O) groups excluding carboxylic acids is 3. The minimum Gasteiger partial charge on any atom is -0.300 e. The van der Waals surface area contributed by atoms with Crippen LogP contribution in [0.4, 0.5) is 0 Å². The molecule has 0 aromatic heterocycles. The van der Waals surface area contributed by atoms with Gasteiger partial charge in [-0.25, -0.2) is 0 Å². The molecule has 0 radical (unpaired) electrons. The predicted molar refractivity (Wildman–Crippen MR) is 82.8 cm³/mol. The number of likely N-dealkylation sites (tertiary alicyclic amines) is 1. The zero-order valence-corrected chi connectivity index (χ0v) is 14.1. The Labute approximate surface area is 131 Å². The number of rotatable bonds is 1. The molecule has 4 atom stereocenters. The van der Waals surface area contributed by atoms with Crippen molar-refractivity contribution in [2.24, 2.45) is 22.2 Å². The summed E-state index contributed by atoms with van der Waals surface area (Å²) in [5.41, 5.74) is -1.49. The molecule has 1 heterocycles. The number of Topliss-reactive ketones (excluding diaryl/α,β-unsaturated/α-hetero) is 1. The van der Waals surface area contributed by atoms with Crippen LogP contribution in [0.1, 0.15) is 53.9 Å². The standard InChI is InChI=1S/C18H25NO3/c1-11-10-12(20)6-8-17(11,4)14(21)19-13-7-9-18(5,15(19)22)16(13,2)3/h7,9,11,13H,6,8,10H2,1-5H3/t11-,13+,17+,18+/m1/s1. The number of imide groups is 1. The molecule has 1 saturated carbocycles. The number of amides is 2. The lowest BCUT2D eigenvalue weighted by Crippen LogP contribution is -2.52. The van der Waals surface area contributed by atoms with Crippen LogP contribution in [0, 0.1) is 22.2 Å². The SMILES string of the molecule is C[C@@H]1CC(=O)CC[C@]1(C)C(=O)N1C(=O)[C@]2(C)C=C[C@H]1C2(C)C. The zero-order chi connectivity index (χ0) is 16.5. The molecule has 2 aliphatic carbocycles. The molecule has 2 bridgehead atoms. The minimum atomic E-state index is -0.617. The Morgan fingerprint density at radius 1 is 1.23 bits per heavy atom. The van der Waals surface area contributed by atoms with Crippen LogP contribution in [0.2, 0.25) is 0 Å². The van der Waals surface area contributed by atoms with Crippen molar-refractivity contribution in [1.82, 2.24) is 4.90 Å². The summed E-state index contributed by atoms with van der Waals surface area (Å²) in [5.74, 6) is 0.0243. The van der Waals surface area contributed by atoms with Gasteiger partial charge in [-0.2, -0.15) is 0 Å². The number of carbonyl (C=O) groups is 3. The molecule has 0 spiro atoms. The van der Waals surface area contributed by atoms with Crippen molar-refractivity contribution < 1.29 is 14.4 Å². The van der Waals surface area contributed by atoms with Crippen LogP contribution in [0.5, 0.6) is 0 Å². The van der Waals surface area contributed by atoms with E-state index in [0.717, 1.165) is 0 Å². The lowest BCUT2D eigenvalue weighted by Gasteiger charge is -2.41. The highest BCUT2D eigenvalue weighted by Gasteiger charge is 2.66. The zero-order valence-electron chi connectivity index (χ0n) is 14.1. The Bertz CT molecular complexity index is 605. The topological polar surface area (TPSA) is 54.5 Å². The van der Waals surface area contributed by atoms with Gasteiger partial charge in [0.2, 0.25) is 11.8 Å². The molecular formula is C18H25NO3. The van der Waals surface area contributed by atoms with Gasteiger partial charge in [-0.15, -0.1) is 0 Å². The van der Waals surface area contributed by atoms with Gasteiger partial charge >= 0.3 is 0 Å². The second-order valence-electron chi connectivity index (χ2n) is 8.27. The average Bonchev–Trinajstić information content (AvgIpc) is 2.75. The Balaban J connectivity index is 1.96. The molecule has 120 valence electrons. The van der Waals surface area contributed by atoms with E-state index in [-0.39, 0.29) is 35.0 Å². The average molecular weight is 303 g/mol. The van der Waals surface area contributed by atoms with E-state index in [2.05, 4.69) is 13.8 Å². The lowest BCUT2D eigenvalue weighted by molar-refractivity contribution is -0.156. The monoisotopic (exact) mass is 303 g/mol. The van der Waals surface area contributed by atoms with Crippen LogP contribution in [0.15, 0.2) is 12.2 Å². The summed E-state index contributed by atoms with van der Waals surface area (Å²) < 4.78 is 0. The van der Waals surface area contributed by atoms with E-state index in [1.165, 1.54) is 4.90 Å². The van der Waals surface area contributed by atoms with E-state index in [4.69, 9.17) is 0 Å². The molecular weight excluding hydrogens is 278 g/mol. The molecule has 1 aliphatic heterocycles. The Kier molecular flexibility index (Phi) is 3.02. The second-order valence-corrected chi connectivity index (χ2v) is 8.27. The molecule has 4 nitrogen and oxygen atoms in total. The third-order valence-corrected chi connectivity index (χ3v) is 6.88. The number of hydrogen-bond acceptors (Lipinski definition) is 3. The van der Waals surface area contributed by atoms with Gasteiger partial charge in [-0.1, -0.05) is 39.8 Å². The van der Waals surface area contributed by atoms with Gasteiger partial charge in [0, 0.05) is 18.3 Å². The summed E-state index contributed by atoms with van der Waals surface area (Å²) in [6.07, 6.45) is 5.38. The molecule has 1 saturated heterocycles. The van der Waals surface area contributed by atoms with Crippen LogP contribution >= 0.6 is 0 Å². The van der Waals surface area contributed by atoms with Crippen LogP contribution in [0.3, 0.4) is 0 Å². The van der Waals surface area contributed by atoms with Gasteiger partial charge in [0.1, 0.15) is 5.78 Å². The number of fused-ring (bicyclic) bond motifs is 2. The smallest absolute Gasteiger partial charge is 0.240 e. The molecule has 2 amide bonds. The van der Waals surface area contributed by atoms with Crippen molar-refractivity contribution in [3.63, 3.8) is 0 Å². The van der Waals surface area contributed by atoms with E-state index in [0.29, 0.717) is 19.3 Å². The number of hydrogen-bond donors (Lipinski definition) is 0. The first-order chi connectivity index (χ1) is 10.1. The molecule has 22 heavy (non-hydrogen) atoms. The van der Waals surface area contributed by atoms with Crippen molar-refractivity contribution >= 4 is 17.6 Å². The van der Waals surface area contributed by atoms with Crippen molar-refractivity contribution in [3.8, 4) is 0 Å². The Morgan fingerprint density at radius 3 is 2.36 bits per heavy atom. The van der Waals surface area contributed by atoms with Crippen molar-refractivity contribution in [3.05, 3.63) is 12.2 Å². The van der Waals surface area contributed by atoms with Gasteiger partial charge in [-0.05, 0) is 19.3 Å². The molecule has 2 fully saturated rings. The summed E-state index contributed by atoms with van der Waals surface area (Å²) in [6, 6.07) is -0.167. The number of ketones is 1. The highest BCUT2D eigenvalue weighted by atomic mass is 16.2. The van der Waals surface area contributed by atoms with E-state index in [1.54, 1.807) is 0 Å². The fourth-order valence-electron chi connectivity index (χ4n) is 4.30. The lowest BCUT2D eigenvalue weighted by atomic mass is 9.67. The van der Waals surface area contributed by atoms with Crippen LogP contribution < -0.4 is 0 Å². The van der Waals surface area contributed by atoms with Gasteiger partial charge in [0.15, 0.2) is 0 Å². The van der Waals surface area contributed by atoms with Crippen LogP contribution in [-0.4, -0.2) is 28.5 Å². The largest absolute Gasteiger partial charge is 0.300 e. The fourth-order valence-corrected chi connectivity index (χ4v) is 4.30. The summed E-state index contributed by atoms with van der Waals surface area (Å²) in [7, 11) is 0. The third-order valence-electron chi connectivity index (χ3n) is 6.88. The highest BCUT2D eigenvalue weighted by Crippen LogP contribution is 2.58. The van der Waals surface area contributed by atoms with Crippen molar-refractivity contribution in [2.75, 3.05) is 0 Å². The second kappa shape index (κ2) is 4.30. The summed E-state index contributed by atoms with van der Waals surface area (Å²) in [4.78, 5) is 39.3. The maximum Gasteiger partial charge on any atom is 0.240 e. The van der Waals surface area contributed by atoms with Crippen molar-refractivity contribution in [2.45, 2.75) is 59.9 Å². The molecule has 0 unspecified atom stereocenters. The van der Waals surface area contributed by atoms with Crippen LogP contribution in [-0.2, 0) is 14.4 Å². The quantitative estimate of drug-likeness (QED) is 0.553. The summed E-state index contributed by atoms with van der Waals surface area (Å²) in [5, 5.41) is 0. The van der Waals surface area contributed by atoms with Gasteiger partial charge < -0.3 is 0 Å². The molecule has 0 aromatic rings. The van der Waals surface area contributed by atoms with Crippen molar-refractivity contribution in [1.29, 1.82) is 0 Å². The molecule has 3 aliphatic rings. The molecule has 0 N–H and O–H groups in total. The minimum absolute atomic E-state index is 0.0203. The molecule has 0 aromatic carbocycles. The fraction of sp³-hybridized carbons (Fsp3) is 0.722. The predicted octanol–water partition coefficient (Wildman–Crippen LogP) is 2.72. The highest BCUT2D eigenvalue weighted by molar-refractivity contribution is 6.05. The first kappa shape index (κ1) is 15.4. The number of nitrogens with zero attached hydrogens (tertiary/aromatic N) is 1. The maximum atomic E-state index is 13.2. The van der Waals surface area contributed by atoms with Gasteiger partial charge in [-0.3, -0.25) is 19.3 Å². The summed E-state index contributed by atoms with van der Waals surface area (Å²) in [6.45, 7) is 9.91. The normalized spacial score (nSPS) is 43.0.